The third kappa shape index (κ3) is 4.03. The molecule has 0 saturated heterocycles. The number of benzene rings is 1. The van der Waals surface area contributed by atoms with Crippen LogP contribution in [0.1, 0.15) is 30.3 Å². The van der Waals surface area contributed by atoms with Crippen LogP contribution in [-0.2, 0) is 26.2 Å². The summed E-state index contributed by atoms with van der Waals surface area (Å²) in [5, 5.41) is 26.1. The maximum atomic E-state index is 9.30. The lowest BCUT2D eigenvalue weighted by atomic mass is 10.2. The van der Waals surface area contributed by atoms with Gasteiger partial charge in [0.25, 0.3) is 0 Å². The molecule has 2 aromatic rings. The summed E-state index contributed by atoms with van der Waals surface area (Å²) in [6, 6.07) is 7.92. The molecule has 1 aromatic heterocycles. The molecule has 2 rings (SSSR count). The molecule has 114 valence electrons. The van der Waals surface area contributed by atoms with Crippen LogP contribution in [0, 0.1) is 0 Å². The molecule has 0 atom stereocenters. The highest BCUT2D eigenvalue weighted by molar-refractivity contribution is 5.27. The second-order valence-corrected chi connectivity index (χ2v) is 4.73. The van der Waals surface area contributed by atoms with Crippen LogP contribution in [0.15, 0.2) is 24.3 Å². The largest absolute Gasteiger partial charge is 0.487 e. The third-order valence-electron chi connectivity index (χ3n) is 3.30. The van der Waals surface area contributed by atoms with Gasteiger partial charge in [-0.25, -0.2) is 4.68 Å². The van der Waals surface area contributed by atoms with Gasteiger partial charge >= 0.3 is 0 Å². The zero-order valence-electron chi connectivity index (χ0n) is 12.2. The second-order valence-electron chi connectivity index (χ2n) is 4.73. The first-order chi connectivity index (χ1) is 10.3. The van der Waals surface area contributed by atoms with Crippen molar-refractivity contribution in [3.05, 3.63) is 41.2 Å². The lowest BCUT2D eigenvalue weighted by Crippen LogP contribution is -2.10. The first-order valence-electron chi connectivity index (χ1n) is 7.13. The van der Waals surface area contributed by atoms with Gasteiger partial charge in [0.1, 0.15) is 23.7 Å². The molecule has 21 heavy (non-hydrogen) atoms. The van der Waals surface area contributed by atoms with E-state index in [1.54, 1.807) is 4.68 Å². The minimum absolute atomic E-state index is 0.0904. The Bertz CT molecular complexity index is 552. The number of nitrogens with zero attached hydrogens (tertiary/aromatic N) is 3. The van der Waals surface area contributed by atoms with Gasteiger partial charge in [0.2, 0.25) is 0 Å². The van der Waals surface area contributed by atoms with Crippen LogP contribution in [0.5, 0.6) is 5.75 Å². The number of aromatic nitrogens is 3. The standard InChI is InChI=1S/C15H21N3O3/c1-2-12-4-6-13(7-5-12)21-11-15-14(10-20)16-17-18(15)8-3-9-19/h4-7,19-20H,2-3,8-11H2,1H3. The van der Waals surface area contributed by atoms with Gasteiger partial charge < -0.3 is 14.9 Å². The molecule has 0 bridgehead atoms. The van der Waals surface area contributed by atoms with Gasteiger partial charge in [0.15, 0.2) is 0 Å². The first kappa shape index (κ1) is 15.5. The highest BCUT2D eigenvalue weighted by atomic mass is 16.5. The van der Waals surface area contributed by atoms with E-state index in [0.717, 1.165) is 17.9 Å². The summed E-state index contributed by atoms with van der Waals surface area (Å²) in [5.41, 5.74) is 2.51. The van der Waals surface area contributed by atoms with Crippen LogP contribution in [0.25, 0.3) is 0 Å². The number of hydrogen-bond donors (Lipinski definition) is 2. The third-order valence-corrected chi connectivity index (χ3v) is 3.30. The van der Waals surface area contributed by atoms with Crippen molar-refractivity contribution in [1.82, 2.24) is 15.0 Å². The van der Waals surface area contributed by atoms with Gasteiger partial charge in [0, 0.05) is 13.2 Å². The van der Waals surface area contributed by atoms with Gasteiger partial charge in [-0.05, 0) is 30.5 Å². The summed E-state index contributed by atoms with van der Waals surface area (Å²) in [7, 11) is 0. The summed E-state index contributed by atoms with van der Waals surface area (Å²) in [5.74, 6) is 0.769. The highest BCUT2D eigenvalue weighted by Crippen LogP contribution is 2.16. The van der Waals surface area contributed by atoms with Crippen molar-refractivity contribution in [2.24, 2.45) is 0 Å². The molecule has 0 aliphatic rings. The molecule has 0 amide bonds. The van der Waals surface area contributed by atoms with Crippen LogP contribution < -0.4 is 4.74 Å². The van der Waals surface area contributed by atoms with Crippen LogP contribution >= 0.6 is 0 Å². The van der Waals surface area contributed by atoms with Crippen molar-refractivity contribution in [2.45, 2.75) is 39.5 Å². The molecule has 1 aromatic carbocycles. The van der Waals surface area contributed by atoms with E-state index in [2.05, 4.69) is 17.2 Å². The normalized spacial score (nSPS) is 10.8. The summed E-state index contributed by atoms with van der Waals surface area (Å²) >= 11 is 0. The predicted molar refractivity (Wildman–Crippen MR) is 77.8 cm³/mol. The summed E-state index contributed by atoms with van der Waals surface area (Å²) in [6.07, 6.45) is 1.58. The summed E-state index contributed by atoms with van der Waals surface area (Å²) in [4.78, 5) is 0. The lowest BCUT2D eigenvalue weighted by Gasteiger charge is -2.09. The smallest absolute Gasteiger partial charge is 0.132 e. The molecule has 0 saturated carbocycles. The number of aliphatic hydroxyl groups excluding tert-OH is 2. The fourth-order valence-corrected chi connectivity index (χ4v) is 2.02. The molecule has 2 N–H and O–H groups in total. The molecule has 0 fully saturated rings. The number of aryl methyl sites for hydroxylation is 2. The second kappa shape index (κ2) is 7.75. The Hall–Kier alpha value is -1.92. The van der Waals surface area contributed by atoms with E-state index in [1.165, 1.54) is 5.56 Å². The lowest BCUT2D eigenvalue weighted by molar-refractivity contribution is 0.255. The van der Waals surface area contributed by atoms with E-state index in [4.69, 9.17) is 9.84 Å². The van der Waals surface area contributed by atoms with E-state index in [9.17, 15) is 5.11 Å². The Morgan fingerprint density at radius 1 is 1.19 bits per heavy atom. The quantitative estimate of drug-likeness (QED) is 0.766. The molecule has 0 unspecified atom stereocenters. The molecule has 0 aliphatic heterocycles. The van der Waals surface area contributed by atoms with Crippen molar-refractivity contribution in [3.63, 3.8) is 0 Å². The summed E-state index contributed by atoms with van der Waals surface area (Å²) in [6.45, 7) is 2.87. The van der Waals surface area contributed by atoms with E-state index in [-0.39, 0.29) is 13.2 Å². The van der Waals surface area contributed by atoms with Gasteiger partial charge in [-0.1, -0.05) is 24.3 Å². The predicted octanol–water partition coefficient (Wildman–Crippen LogP) is 1.29. The average molecular weight is 291 g/mol. The van der Waals surface area contributed by atoms with E-state index < -0.39 is 0 Å². The van der Waals surface area contributed by atoms with E-state index in [1.807, 2.05) is 24.3 Å². The Morgan fingerprint density at radius 2 is 1.95 bits per heavy atom. The van der Waals surface area contributed by atoms with Crippen molar-refractivity contribution in [2.75, 3.05) is 6.61 Å². The Balaban J connectivity index is 2.04. The number of rotatable bonds is 8. The molecular formula is C15H21N3O3. The number of ether oxygens (including phenoxy) is 1. The monoisotopic (exact) mass is 291 g/mol. The van der Waals surface area contributed by atoms with Crippen LogP contribution in [0.3, 0.4) is 0 Å². The maximum absolute atomic E-state index is 9.30. The van der Waals surface area contributed by atoms with E-state index >= 15 is 0 Å². The summed E-state index contributed by atoms with van der Waals surface area (Å²) < 4.78 is 7.41. The Labute approximate surface area is 124 Å². The number of aliphatic hydroxyl groups is 2. The molecule has 0 spiro atoms. The van der Waals surface area contributed by atoms with Crippen LogP contribution in [0.4, 0.5) is 0 Å². The van der Waals surface area contributed by atoms with Crippen LogP contribution in [-0.4, -0.2) is 31.8 Å². The maximum Gasteiger partial charge on any atom is 0.132 e. The zero-order chi connectivity index (χ0) is 15.1. The zero-order valence-corrected chi connectivity index (χ0v) is 12.2. The molecule has 6 heteroatoms. The average Bonchev–Trinajstić information content (AvgIpc) is 2.93. The molecule has 1 heterocycles. The highest BCUT2D eigenvalue weighted by Gasteiger charge is 2.12. The van der Waals surface area contributed by atoms with Crippen molar-refractivity contribution < 1.29 is 14.9 Å². The minimum Gasteiger partial charge on any atom is -0.487 e. The fraction of sp³-hybridized carbons (Fsp3) is 0.467. The molecule has 0 aliphatic carbocycles. The van der Waals surface area contributed by atoms with Crippen LogP contribution in [0.2, 0.25) is 0 Å². The van der Waals surface area contributed by atoms with Gasteiger partial charge in [-0.3, -0.25) is 0 Å². The van der Waals surface area contributed by atoms with Gasteiger partial charge in [0.05, 0.1) is 6.61 Å². The SMILES string of the molecule is CCc1ccc(OCc2c(CO)nnn2CCCO)cc1. The first-order valence-corrected chi connectivity index (χ1v) is 7.13. The van der Waals surface area contributed by atoms with Crippen molar-refractivity contribution in [1.29, 1.82) is 0 Å². The minimum atomic E-state index is -0.174. The number of hydrogen-bond acceptors (Lipinski definition) is 5. The fourth-order valence-electron chi connectivity index (χ4n) is 2.02. The Morgan fingerprint density at radius 3 is 2.57 bits per heavy atom. The van der Waals surface area contributed by atoms with Crippen molar-refractivity contribution in [3.8, 4) is 5.75 Å². The topological polar surface area (TPSA) is 80.4 Å². The molecule has 6 nitrogen and oxygen atoms in total. The van der Waals surface area contributed by atoms with Gasteiger partial charge in [-0.2, -0.15) is 0 Å². The van der Waals surface area contributed by atoms with Crippen molar-refractivity contribution >= 4 is 0 Å². The molecule has 0 radical (unpaired) electrons. The Kier molecular flexibility index (Phi) is 5.71. The molecular weight excluding hydrogens is 270 g/mol. The van der Waals surface area contributed by atoms with E-state index in [0.29, 0.717) is 25.3 Å². The van der Waals surface area contributed by atoms with Gasteiger partial charge in [-0.15, -0.1) is 5.10 Å².